The van der Waals surface area contributed by atoms with Crippen LogP contribution in [-0.2, 0) is 17.6 Å². The minimum atomic E-state index is -0.00337. The van der Waals surface area contributed by atoms with Gasteiger partial charge in [0, 0.05) is 34.0 Å². The predicted molar refractivity (Wildman–Crippen MR) is 135 cm³/mol. The quantitative estimate of drug-likeness (QED) is 0.497. The fourth-order valence-corrected chi connectivity index (χ4v) is 4.78. The summed E-state index contributed by atoms with van der Waals surface area (Å²) in [7, 11) is 0. The number of allylic oxidation sites excluding steroid dienone is 1. The number of hydrogen-bond acceptors (Lipinski definition) is 6. The Kier molecular flexibility index (Phi) is 6.47. The van der Waals surface area contributed by atoms with E-state index in [2.05, 4.69) is 11.2 Å². The second kappa shape index (κ2) is 9.47. The average Bonchev–Trinajstić information content (AvgIpc) is 3.32. The predicted octanol–water partition coefficient (Wildman–Crippen LogP) is 4.82. The summed E-state index contributed by atoms with van der Waals surface area (Å²) in [6.07, 6.45) is 10.0. The molecule has 0 unspecified atom stereocenters. The number of benzene rings is 1. The summed E-state index contributed by atoms with van der Waals surface area (Å²) in [6, 6.07) is 7.15. The smallest absolute Gasteiger partial charge is 0.233 e. The van der Waals surface area contributed by atoms with E-state index < -0.39 is 0 Å². The number of anilines is 2. The van der Waals surface area contributed by atoms with Crippen molar-refractivity contribution in [1.29, 1.82) is 0 Å². The van der Waals surface area contributed by atoms with Gasteiger partial charge in [0.15, 0.2) is 5.82 Å². The number of carbonyl (C=O) groups is 1. The number of thiophene rings is 1. The molecule has 0 bridgehead atoms. The zero-order valence-corrected chi connectivity index (χ0v) is 19.7. The number of aromatic hydroxyl groups is 1. The first-order valence-corrected chi connectivity index (χ1v) is 11.7. The van der Waals surface area contributed by atoms with Crippen LogP contribution >= 0.6 is 11.3 Å². The Morgan fingerprint density at radius 2 is 2.06 bits per heavy atom. The number of nitrogens with one attached hydrogen (secondary N) is 1. The van der Waals surface area contributed by atoms with Crippen LogP contribution in [0.15, 0.2) is 35.7 Å². The topological polar surface area (TPSA) is 78.4 Å². The minimum absolute atomic E-state index is 0.00337. The van der Waals surface area contributed by atoms with Gasteiger partial charge in [-0.2, -0.15) is 0 Å². The molecule has 1 aromatic carbocycles. The molecule has 33 heavy (non-hydrogen) atoms. The molecule has 0 atom stereocenters. The van der Waals surface area contributed by atoms with Crippen LogP contribution in [0.4, 0.5) is 11.6 Å². The fourth-order valence-electron chi connectivity index (χ4n) is 3.95. The molecule has 168 valence electrons. The molecule has 0 saturated heterocycles. The Labute approximate surface area is 198 Å². The monoisotopic (exact) mass is 458 g/mol. The molecule has 0 radical (unpaired) electrons. The lowest BCUT2D eigenvalue weighted by Gasteiger charge is -2.21. The Morgan fingerprint density at radius 3 is 2.76 bits per heavy atom. The molecule has 1 aliphatic rings. The van der Waals surface area contributed by atoms with E-state index in [9.17, 15) is 9.90 Å². The van der Waals surface area contributed by atoms with E-state index in [4.69, 9.17) is 16.4 Å². The third-order valence-electron chi connectivity index (χ3n) is 5.58. The van der Waals surface area contributed by atoms with Crippen LogP contribution in [-0.4, -0.2) is 33.6 Å². The van der Waals surface area contributed by atoms with Crippen LogP contribution in [0.2, 0.25) is 0 Å². The summed E-state index contributed by atoms with van der Waals surface area (Å²) < 4.78 is 0. The molecule has 2 N–H and O–H groups in total. The lowest BCUT2D eigenvalue weighted by atomic mass is 10.1. The SMILES string of the molecule is C#C/C=C\c1c(-c2nc(NCCc3ccc(O)cc3)c3c(n2)N(C(C)C)C(=O)C3)csc1C. The Balaban J connectivity index is 1.72. The van der Waals surface area contributed by atoms with Crippen molar-refractivity contribution in [3.8, 4) is 29.5 Å². The standard InChI is InChI=1S/C26H26N4O2S/c1-5-6-7-20-17(4)33-15-22(20)25-28-24(27-13-12-18-8-10-19(31)11-9-18)21-14-23(32)30(16(2)3)26(21)29-25/h1,6-11,15-16,31H,12-14H2,2-4H3,(H,27,28,29)/b7-6-. The van der Waals surface area contributed by atoms with Gasteiger partial charge in [-0.05, 0) is 62.6 Å². The van der Waals surface area contributed by atoms with E-state index in [0.29, 0.717) is 24.0 Å². The number of phenols is 1. The summed E-state index contributed by atoms with van der Waals surface area (Å²) in [5.74, 6) is 4.74. The molecule has 4 rings (SSSR count). The third kappa shape index (κ3) is 4.62. The minimum Gasteiger partial charge on any atom is -0.508 e. The van der Waals surface area contributed by atoms with E-state index in [1.807, 2.05) is 44.4 Å². The average molecular weight is 459 g/mol. The van der Waals surface area contributed by atoms with Gasteiger partial charge in [0.1, 0.15) is 17.4 Å². The molecular weight excluding hydrogens is 432 g/mol. The molecule has 0 spiro atoms. The highest BCUT2D eigenvalue weighted by Gasteiger charge is 2.34. The van der Waals surface area contributed by atoms with E-state index in [-0.39, 0.29) is 24.1 Å². The summed E-state index contributed by atoms with van der Waals surface area (Å²) in [6.45, 7) is 6.65. The van der Waals surface area contributed by atoms with Gasteiger partial charge in [-0.25, -0.2) is 9.97 Å². The van der Waals surface area contributed by atoms with Crippen LogP contribution in [0.25, 0.3) is 17.5 Å². The van der Waals surface area contributed by atoms with Crippen LogP contribution < -0.4 is 10.2 Å². The Morgan fingerprint density at radius 1 is 1.30 bits per heavy atom. The van der Waals surface area contributed by atoms with Crippen molar-refractivity contribution < 1.29 is 9.90 Å². The van der Waals surface area contributed by atoms with Gasteiger partial charge in [-0.1, -0.05) is 18.1 Å². The van der Waals surface area contributed by atoms with Gasteiger partial charge >= 0.3 is 0 Å². The Hall–Kier alpha value is -3.63. The largest absolute Gasteiger partial charge is 0.508 e. The summed E-state index contributed by atoms with van der Waals surface area (Å²) in [4.78, 5) is 25.4. The zero-order valence-electron chi connectivity index (χ0n) is 18.9. The van der Waals surface area contributed by atoms with E-state index >= 15 is 0 Å². The first-order valence-electron chi connectivity index (χ1n) is 10.8. The second-order valence-electron chi connectivity index (χ2n) is 8.19. The highest BCUT2D eigenvalue weighted by molar-refractivity contribution is 7.10. The van der Waals surface area contributed by atoms with Crippen molar-refractivity contribution in [3.05, 3.63) is 57.3 Å². The second-order valence-corrected chi connectivity index (χ2v) is 9.28. The summed E-state index contributed by atoms with van der Waals surface area (Å²) in [5.41, 5.74) is 3.82. The number of terminal acetylenes is 1. The normalized spacial score (nSPS) is 13.1. The van der Waals surface area contributed by atoms with Gasteiger partial charge in [0.25, 0.3) is 0 Å². The highest BCUT2D eigenvalue weighted by atomic mass is 32.1. The van der Waals surface area contributed by atoms with Crippen LogP contribution in [0, 0.1) is 19.3 Å². The van der Waals surface area contributed by atoms with Gasteiger partial charge in [-0.3, -0.25) is 9.69 Å². The number of aromatic nitrogens is 2. The van der Waals surface area contributed by atoms with E-state index in [0.717, 1.165) is 33.6 Å². The maximum absolute atomic E-state index is 12.8. The number of aryl methyl sites for hydroxylation is 1. The fraction of sp³-hybridized carbons (Fsp3) is 0.269. The molecule has 2 aromatic heterocycles. The van der Waals surface area contributed by atoms with Crippen molar-refractivity contribution in [2.24, 2.45) is 0 Å². The number of fused-ring (bicyclic) bond motifs is 1. The molecule has 7 heteroatoms. The molecule has 0 saturated carbocycles. The number of hydrogen-bond donors (Lipinski definition) is 2. The molecule has 0 fully saturated rings. The van der Waals surface area contributed by atoms with Crippen LogP contribution in [0.3, 0.4) is 0 Å². The maximum atomic E-state index is 12.8. The lowest BCUT2D eigenvalue weighted by molar-refractivity contribution is -0.117. The molecule has 1 aliphatic heterocycles. The number of amides is 1. The highest BCUT2D eigenvalue weighted by Crippen LogP contribution is 2.38. The summed E-state index contributed by atoms with van der Waals surface area (Å²) >= 11 is 1.62. The molecule has 3 aromatic rings. The maximum Gasteiger partial charge on any atom is 0.233 e. The van der Waals surface area contributed by atoms with Crippen molar-refractivity contribution in [1.82, 2.24) is 9.97 Å². The van der Waals surface area contributed by atoms with Crippen molar-refractivity contribution in [3.63, 3.8) is 0 Å². The van der Waals surface area contributed by atoms with Gasteiger partial charge < -0.3 is 10.4 Å². The van der Waals surface area contributed by atoms with Gasteiger partial charge in [0.05, 0.1) is 6.42 Å². The molecular formula is C26H26N4O2S. The molecule has 1 amide bonds. The van der Waals surface area contributed by atoms with Crippen LogP contribution in [0.1, 0.15) is 35.4 Å². The van der Waals surface area contributed by atoms with Gasteiger partial charge in [0.2, 0.25) is 5.91 Å². The van der Waals surface area contributed by atoms with E-state index in [1.165, 1.54) is 0 Å². The first kappa shape index (κ1) is 22.6. The van der Waals surface area contributed by atoms with Crippen molar-refractivity contribution in [2.45, 2.75) is 39.7 Å². The van der Waals surface area contributed by atoms with Crippen LogP contribution in [0.5, 0.6) is 5.75 Å². The third-order valence-corrected chi connectivity index (χ3v) is 6.51. The number of carbonyl (C=O) groups excluding carboxylic acids is 1. The van der Waals surface area contributed by atoms with Crippen molar-refractivity contribution >= 4 is 35.0 Å². The zero-order chi connectivity index (χ0) is 23.5. The molecule has 3 heterocycles. The van der Waals surface area contributed by atoms with Crippen molar-refractivity contribution in [2.75, 3.05) is 16.8 Å². The lowest BCUT2D eigenvalue weighted by Crippen LogP contribution is -2.34. The van der Waals surface area contributed by atoms with E-state index in [1.54, 1.807) is 34.4 Å². The Bertz CT molecular complexity index is 1250. The first-order chi connectivity index (χ1) is 15.9. The molecule has 6 nitrogen and oxygen atoms in total. The molecule has 0 aliphatic carbocycles. The number of rotatable bonds is 7. The summed E-state index contributed by atoms with van der Waals surface area (Å²) in [5, 5.41) is 15.0. The number of nitrogens with zero attached hydrogens (tertiary/aromatic N) is 3. The number of phenolic OH excluding ortho intramolecular Hbond substituents is 1. The van der Waals surface area contributed by atoms with Gasteiger partial charge in [-0.15, -0.1) is 17.8 Å².